The SMILES string of the molecule is O=C(CCCC=CC[C@@H]1[C@@H](CC[C@@H](O)CCc2ccccc2)[C@H](O)C[C@@H]1O)NCC(=O)OCCO[N+](=O)[O-]. The molecule has 5 atom stereocenters. The van der Waals surface area contributed by atoms with E-state index in [4.69, 9.17) is 0 Å². The van der Waals surface area contributed by atoms with Gasteiger partial charge < -0.3 is 30.2 Å². The molecule has 0 aromatic heterocycles. The second kappa shape index (κ2) is 17.5. The van der Waals surface area contributed by atoms with Crippen LogP contribution in [0.3, 0.4) is 0 Å². The first kappa shape index (κ1) is 31.2. The molecule has 1 fully saturated rings. The highest BCUT2D eigenvalue weighted by molar-refractivity contribution is 5.81. The number of hydrogen-bond acceptors (Lipinski definition) is 9. The van der Waals surface area contributed by atoms with E-state index in [0.29, 0.717) is 44.9 Å². The molecule has 0 spiro atoms. The van der Waals surface area contributed by atoms with Crippen molar-refractivity contribution in [3.63, 3.8) is 0 Å². The Morgan fingerprint density at radius 2 is 1.84 bits per heavy atom. The van der Waals surface area contributed by atoms with Gasteiger partial charge in [0.15, 0.2) is 0 Å². The van der Waals surface area contributed by atoms with Gasteiger partial charge in [-0.1, -0.05) is 42.5 Å². The molecule has 11 nitrogen and oxygen atoms in total. The van der Waals surface area contributed by atoms with Gasteiger partial charge in [0.2, 0.25) is 5.91 Å². The van der Waals surface area contributed by atoms with Crippen molar-refractivity contribution >= 4 is 11.9 Å². The topological polar surface area (TPSA) is 168 Å². The van der Waals surface area contributed by atoms with Crippen LogP contribution in [0.1, 0.15) is 56.9 Å². The number of aliphatic hydroxyl groups excluding tert-OH is 3. The van der Waals surface area contributed by atoms with Crippen molar-refractivity contribution in [3.8, 4) is 0 Å². The summed E-state index contributed by atoms with van der Waals surface area (Å²) >= 11 is 0. The number of unbranched alkanes of at least 4 members (excludes halogenated alkanes) is 1. The van der Waals surface area contributed by atoms with Gasteiger partial charge in [-0.3, -0.25) is 9.59 Å². The van der Waals surface area contributed by atoms with Gasteiger partial charge in [-0.15, -0.1) is 10.1 Å². The molecule has 0 saturated heterocycles. The van der Waals surface area contributed by atoms with E-state index in [1.165, 1.54) is 5.56 Å². The number of allylic oxidation sites excluding steroid dienone is 2. The Hall–Kier alpha value is -3.02. The molecule has 1 aromatic rings. The molecule has 0 unspecified atom stereocenters. The van der Waals surface area contributed by atoms with Crippen molar-refractivity contribution in [1.29, 1.82) is 0 Å². The molecular formula is C27H40N2O9. The lowest BCUT2D eigenvalue weighted by Crippen LogP contribution is -2.31. The van der Waals surface area contributed by atoms with Gasteiger partial charge in [0.1, 0.15) is 19.8 Å². The summed E-state index contributed by atoms with van der Waals surface area (Å²) in [6, 6.07) is 10.0. The van der Waals surface area contributed by atoms with Gasteiger partial charge in [0.25, 0.3) is 5.09 Å². The molecule has 4 N–H and O–H groups in total. The number of carbonyl (C=O) groups is 2. The predicted molar refractivity (Wildman–Crippen MR) is 138 cm³/mol. The van der Waals surface area contributed by atoms with Crippen LogP contribution in [0.4, 0.5) is 0 Å². The van der Waals surface area contributed by atoms with Crippen LogP contribution in [0.15, 0.2) is 42.5 Å². The Kier molecular flexibility index (Phi) is 14.4. The molecule has 1 saturated carbocycles. The molecule has 0 bridgehead atoms. The van der Waals surface area contributed by atoms with E-state index in [9.17, 15) is 35.0 Å². The first-order valence-electron chi connectivity index (χ1n) is 13.2. The van der Waals surface area contributed by atoms with E-state index in [2.05, 4.69) is 14.9 Å². The highest BCUT2D eigenvalue weighted by atomic mass is 17.0. The molecule has 212 valence electrons. The minimum Gasteiger partial charge on any atom is -0.462 e. The summed E-state index contributed by atoms with van der Waals surface area (Å²) in [5, 5.41) is 42.7. The lowest BCUT2D eigenvalue weighted by molar-refractivity contribution is -0.757. The van der Waals surface area contributed by atoms with Crippen LogP contribution >= 0.6 is 0 Å². The van der Waals surface area contributed by atoms with E-state index >= 15 is 0 Å². The minimum atomic E-state index is -0.984. The molecule has 1 aromatic carbocycles. The van der Waals surface area contributed by atoms with E-state index in [1.54, 1.807) is 0 Å². The van der Waals surface area contributed by atoms with Gasteiger partial charge in [-0.25, -0.2) is 0 Å². The number of nitrogens with zero attached hydrogens (tertiary/aromatic N) is 1. The molecule has 0 radical (unpaired) electrons. The maximum atomic E-state index is 11.8. The zero-order chi connectivity index (χ0) is 27.8. The number of aliphatic hydroxyl groups is 3. The van der Waals surface area contributed by atoms with Gasteiger partial charge >= 0.3 is 5.97 Å². The Morgan fingerprint density at radius 1 is 1.11 bits per heavy atom. The van der Waals surface area contributed by atoms with Crippen LogP contribution in [0.2, 0.25) is 0 Å². The van der Waals surface area contributed by atoms with Crippen molar-refractivity contribution in [2.24, 2.45) is 11.8 Å². The van der Waals surface area contributed by atoms with Crippen molar-refractivity contribution < 1.29 is 39.6 Å². The average molecular weight is 537 g/mol. The summed E-state index contributed by atoms with van der Waals surface area (Å²) in [6.45, 7) is -0.965. The molecule has 1 aliphatic carbocycles. The standard InChI is InChI=1S/C27H40N2O9/c30-21(13-12-20-8-4-3-5-9-20)14-15-23-22(24(31)18-25(23)32)10-6-1-2-7-11-26(33)28-19-27(34)37-16-17-38-29(35)36/h1,3-6,8-9,21-25,30-32H,2,7,10-19H2,(H,28,33)/t21-,22+,23+,24-,25+/m0/s1. The van der Waals surface area contributed by atoms with Crippen LogP contribution in [0.5, 0.6) is 0 Å². The second-order valence-electron chi connectivity index (χ2n) is 9.61. The summed E-state index contributed by atoms with van der Waals surface area (Å²) in [5.41, 5.74) is 1.18. The molecule has 11 heteroatoms. The van der Waals surface area contributed by atoms with Crippen LogP contribution in [0, 0.1) is 22.0 Å². The molecule has 2 rings (SSSR count). The number of ether oxygens (including phenoxy) is 1. The smallest absolute Gasteiger partial charge is 0.325 e. The highest BCUT2D eigenvalue weighted by Crippen LogP contribution is 2.38. The van der Waals surface area contributed by atoms with Crippen LogP contribution in [-0.4, -0.2) is 70.4 Å². The number of amides is 1. The van der Waals surface area contributed by atoms with E-state index in [-0.39, 0.29) is 43.9 Å². The molecule has 0 heterocycles. The Morgan fingerprint density at radius 3 is 2.58 bits per heavy atom. The van der Waals surface area contributed by atoms with Gasteiger partial charge in [-0.2, -0.15) is 0 Å². The number of esters is 1. The van der Waals surface area contributed by atoms with Crippen molar-refractivity contribution in [2.75, 3.05) is 19.8 Å². The molecular weight excluding hydrogens is 496 g/mol. The first-order chi connectivity index (χ1) is 18.3. The zero-order valence-electron chi connectivity index (χ0n) is 21.7. The first-order valence-corrected chi connectivity index (χ1v) is 13.2. The minimum absolute atomic E-state index is 0.0716. The fourth-order valence-electron chi connectivity index (χ4n) is 4.74. The maximum Gasteiger partial charge on any atom is 0.325 e. The van der Waals surface area contributed by atoms with Crippen LogP contribution < -0.4 is 5.32 Å². The maximum absolute atomic E-state index is 11.8. The van der Waals surface area contributed by atoms with Crippen molar-refractivity contribution in [1.82, 2.24) is 5.32 Å². The third-order valence-corrected chi connectivity index (χ3v) is 6.79. The fraction of sp³-hybridized carbons (Fsp3) is 0.630. The third kappa shape index (κ3) is 12.5. The van der Waals surface area contributed by atoms with Gasteiger partial charge in [0.05, 0.1) is 18.3 Å². The third-order valence-electron chi connectivity index (χ3n) is 6.79. The Bertz CT molecular complexity index is 881. The Balaban J connectivity index is 1.60. The van der Waals surface area contributed by atoms with E-state index in [1.807, 2.05) is 42.5 Å². The zero-order valence-corrected chi connectivity index (χ0v) is 21.7. The summed E-state index contributed by atoms with van der Waals surface area (Å²) in [5.74, 6) is -1.16. The summed E-state index contributed by atoms with van der Waals surface area (Å²) in [4.78, 5) is 37.3. The normalized spacial score (nSPS) is 21.8. The van der Waals surface area contributed by atoms with Crippen LogP contribution in [-0.2, 0) is 25.6 Å². The fourth-order valence-corrected chi connectivity index (χ4v) is 4.74. The second-order valence-corrected chi connectivity index (χ2v) is 9.61. The van der Waals surface area contributed by atoms with Crippen LogP contribution in [0.25, 0.3) is 0 Å². The number of benzene rings is 1. The monoisotopic (exact) mass is 536 g/mol. The Labute approximate surface area is 222 Å². The van der Waals surface area contributed by atoms with Crippen molar-refractivity contribution in [2.45, 2.75) is 76.1 Å². The summed E-state index contributed by atoms with van der Waals surface area (Å²) in [7, 11) is 0. The van der Waals surface area contributed by atoms with Gasteiger partial charge in [0, 0.05) is 6.42 Å². The average Bonchev–Trinajstić information content (AvgIpc) is 3.16. The lowest BCUT2D eigenvalue weighted by atomic mass is 9.85. The highest BCUT2D eigenvalue weighted by Gasteiger charge is 2.40. The number of hydrogen-bond donors (Lipinski definition) is 4. The largest absolute Gasteiger partial charge is 0.462 e. The number of nitrogens with one attached hydrogen (secondary N) is 1. The predicted octanol–water partition coefficient (Wildman–Crippen LogP) is 2.10. The quantitative estimate of drug-likeness (QED) is 0.0722. The summed E-state index contributed by atoms with van der Waals surface area (Å²) in [6.07, 6.45) is 7.37. The molecule has 1 amide bonds. The van der Waals surface area contributed by atoms with Crippen molar-refractivity contribution in [3.05, 3.63) is 58.2 Å². The number of aryl methyl sites for hydroxylation is 1. The van der Waals surface area contributed by atoms with Gasteiger partial charge in [-0.05, 0) is 68.8 Å². The molecule has 0 aliphatic heterocycles. The number of rotatable bonds is 18. The lowest BCUT2D eigenvalue weighted by Gasteiger charge is -2.23. The van der Waals surface area contributed by atoms with E-state index in [0.717, 1.165) is 6.42 Å². The molecule has 38 heavy (non-hydrogen) atoms. The molecule has 1 aliphatic rings. The van der Waals surface area contributed by atoms with E-state index < -0.39 is 29.4 Å². The number of carbonyl (C=O) groups excluding carboxylic acids is 2. The summed E-state index contributed by atoms with van der Waals surface area (Å²) < 4.78 is 4.69.